The maximum atomic E-state index is 2.56. The van der Waals surface area contributed by atoms with Crippen LogP contribution in [0.2, 0.25) is 0 Å². The smallest absolute Gasteiger partial charge is 0.210 e. The summed E-state index contributed by atoms with van der Waals surface area (Å²) in [5, 5.41) is 4.37. The molecule has 2 heteroatoms. The molecule has 0 aromatic rings. The van der Waals surface area contributed by atoms with Gasteiger partial charge in [0.1, 0.15) is 6.04 Å². The van der Waals surface area contributed by atoms with E-state index in [1.807, 2.05) is 0 Å². The zero-order chi connectivity index (χ0) is 4.43. The first-order valence-electron chi connectivity index (χ1n) is 3.10. The summed E-state index contributed by atoms with van der Waals surface area (Å²) in [5.41, 5.74) is 0. The monoisotopic (exact) mass is 97.1 g/mol. The molecule has 0 spiro atoms. The minimum Gasteiger partial charge on any atom is -0.228 e. The second kappa shape index (κ2) is 0.644. The van der Waals surface area contributed by atoms with E-state index in [9.17, 15) is 0 Å². The summed E-state index contributed by atoms with van der Waals surface area (Å²) in [7, 11) is 0. The van der Waals surface area contributed by atoms with Gasteiger partial charge in [-0.15, -0.1) is 0 Å². The Hall–Kier alpha value is -0.0800. The average Bonchev–Trinajstić information content (AvgIpc) is 2.02. The molecule has 0 radical (unpaired) electrons. The molecule has 0 aromatic heterocycles. The first kappa shape index (κ1) is 3.05. The second-order valence-electron chi connectivity index (χ2n) is 2.86. The second-order valence-corrected chi connectivity index (χ2v) is 2.86. The van der Waals surface area contributed by atoms with Gasteiger partial charge in [0, 0.05) is 6.42 Å². The van der Waals surface area contributed by atoms with Gasteiger partial charge in [0.15, 0.2) is 0 Å². The van der Waals surface area contributed by atoms with Crippen LogP contribution in [-0.4, -0.2) is 23.8 Å². The van der Waals surface area contributed by atoms with Gasteiger partial charge in [0.25, 0.3) is 0 Å². The van der Waals surface area contributed by atoms with Crippen molar-refractivity contribution in [1.29, 1.82) is 0 Å². The number of hydrogen-bond acceptors (Lipinski definition) is 1. The van der Waals surface area contributed by atoms with E-state index in [0.717, 1.165) is 12.2 Å². The lowest BCUT2D eigenvalue weighted by atomic mass is 10.0. The van der Waals surface area contributed by atoms with Crippen molar-refractivity contribution >= 4 is 0 Å². The molecule has 3 heterocycles. The molecular weight excluding hydrogens is 88.1 g/mol. The van der Waals surface area contributed by atoms with Gasteiger partial charge in [-0.1, -0.05) is 5.01 Å². The minimum absolute atomic E-state index is 1.01. The molecule has 3 aliphatic rings. The topological polar surface area (TPSA) is 7.45 Å². The maximum Gasteiger partial charge on any atom is 0.210 e. The highest BCUT2D eigenvalue weighted by Gasteiger charge is 2.70. The Labute approximate surface area is 42.7 Å². The van der Waals surface area contributed by atoms with Gasteiger partial charge < -0.3 is 0 Å². The molecule has 0 saturated carbocycles. The van der Waals surface area contributed by atoms with E-state index < -0.39 is 0 Å². The van der Waals surface area contributed by atoms with Crippen LogP contribution in [0.15, 0.2) is 0 Å². The fourth-order valence-corrected chi connectivity index (χ4v) is 2.13. The van der Waals surface area contributed by atoms with E-state index in [0.29, 0.717) is 0 Å². The Morgan fingerprint density at radius 3 is 2.71 bits per heavy atom. The van der Waals surface area contributed by atoms with Crippen molar-refractivity contribution in [3.05, 3.63) is 0 Å². The highest BCUT2D eigenvalue weighted by Crippen LogP contribution is 2.28. The van der Waals surface area contributed by atoms with Crippen LogP contribution in [0.5, 0.6) is 0 Å². The fourth-order valence-electron chi connectivity index (χ4n) is 2.13. The summed E-state index contributed by atoms with van der Waals surface area (Å²) in [6, 6.07) is 1.07. The van der Waals surface area contributed by atoms with Gasteiger partial charge in [0.05, 0.1) is 13.0 Å². The van der Waals surface area contributed by atoms with Crippen molar-refractivity contribution in [2.45, 2.75) is 25.0 Å². The number of piperidine rings is 1. The lowest BCUT2D eigenvalue weighted by Crippen LogP contribution is -3.05. The molecule has 3 aliphatic heterocycles. The molecule has 7 heavy (non-hydrogen) atoms. The predicted octanol–water partition coefficient (Wildman–Crippen LogP) is -1.40. The van der Waals surface area contributed by atoms with E-state index in [2.05, 4.69) is 5.01 Å². The molecule has 3 fully saturated rings. The van der Waals surface area contributed by atoms with Crippen LogP contribution in [0.1, 0.15) is 12.8 Å². The van der Waals surface area contributed by atoms with Gasteiger partial charge in [-0.3, -0.25) is 0 Å². The van der Waals surface area contributed by atoms with Crippen LogP contribution < -0.4 is 5.01 Å². The van der Waals surface area contributed by atoms with E-state index in [1.54, 1.807) is 5.01 Å². The van der Waals surface area contributed by atoms with Crippen LogP contribution in [0, 0.1) is 0 Å². The molecule has 0 bridgehead atoms. The summed E-state index contributed by atoms with van der Waals surface area (Å²) < 4.78 is 0. The summed E-state index contributed by atoms with van der Waals surface area (Å²) in [6.07, 6.45) is 4.00. The molecule has 0 aliphatic carbocycles. The number of rotatable bonds is 0. The minimum atomic E-state index is 1.01. The van der Waals surface area contributed by atoms with Crippen molar-refractivity contribution in [3.8, 4) is 0 Å². The lowest BCUT2D eigenvalue weighted by molar-refractivity contribution is -0.888. The fraction of sp³-hybridized carbons (Fsp3) is 1.00. The molecule has 2 nitrogen and oxygen atoms in total. The first-order chi connectivity index (χ1) is 3.47. The number of fused-ring (bicyclic) bond motifs is 1. The standard InChI is InChI=1S/C5H8N2/c1-2-6-5-3-4(1)7(5)6/h4-5H,1-3H2/p+1. The first-order valence-corrected chi connectivity index (χ1v) is 3.10. The summed E-state index contributed by atoms with van der Waals surface area (Å²) >= 11 is 0. The van der Waals surface area contributed by atoms with Crippen molar-refractivity contribution < 1.29 is 5.01 Å². The molecule has 0 aromatic carbocycles. The quantitative estimate of drug-likeness (QED) is 0.365. The SMILES string of the molecule is C1CN2C3CC1[NH+]32. The highest BCUT2D eigenvalue weighted by molar-refractivity contribution is 4.87. The van der Waals surface area contributed by atoms with Crippen LogP contribution in [-0.2, 0) is 0 Å². The third kappa shape index (κ3) is 0.173. The maximum absolute atomic E-state index is 2.56. The molecular formula is C5H9N2+. The predicted molar refractivity (Wildman–Crippen MR) is 24.5 cm³/mol. The summed E-state index contributed by atoms with van der Waals surface area (Å²) in [5.74, 6) is 0. The van der Waals surface area contributed by atoms with Crippen LogP contribution >= 0.6 is 0 Å². The Bertz CT molecular complexity index is 110. The van der Waals surface area contributed by atoms with Gasteiger partial charge in [-0.2, -0.15) is 0 Å². The molecule has 1 N–H and O–H groups in total. The largest absolute Gasteiger partial charge is 0.228 e. The van der Waals surface area contributed by atoms with E-state index in [-0.39, 0.29) is 0 Å². The van der Waals surface area contributed by atoms with Gasteiger partial charge in [-0.25, -0.2) is 5.01 Å². The molecule has 4 atom stereocenters. The van der Waals surface area contributed by atoms with Crippen molar-refractivity contribution in [2.24, 2.45) is 0 Å². The summed E-state index contributed by atoms with van der Waals surface area (Å²) in [6.45, 7) is 1.39. The third-order valence-electron chi connectivity index (χ3n) is 2.63. The number of hydrogen-bond donors (Lipinski definition) is 1. The number of nitrogens with one attached hydrogen (secondary N) is 1. The Morgan fingerprint density at radius 1 is 1.57 bits per heavy atom. The Morgan fingerprint density at radius 2 is 2.57 bits per heavy atom. The van der Waals surface area contributed by atoms with Crippen LogP contribution in [0.25, 0.3) is 0 Å². The van der Waals surface area contributed by atoms with Crippen LogP contribution in [0.4, 0.5) is 0 Å². The Balaban J connectivity index is 2.07. The molecule has 38 valence electrons. The van der Waals surface area contributed by atoms with Crippen molar-refractivity contribution in [2.75, 3.05) is 6.54 Å². The van der Waals surface area contributed by atoms with Crippen LogP contribution in [0.3, 0.4) is 0 Å². The average molecular weight is 97.1 g/mol. The van der Waals surface area contributed by atoms with Gasteiger partial charge in [-0.05, 0) is 0 Å². The van der Waals surface area contributed by atoms with E-state index in [1.165, 1.54) is 19.4 Å². The molecule has 3 rings (SSSR count). The highest BCUT2D eigenvalue weighted by atomic mass is 15.9. The van der Waals surface area contributed by atoms with E-state index in [4.69, 9.17) is 0 Å². The normalized spacial score (nSPS) is 72.0. The number of quaternary nitrogens is 1. The zero-order valence-electron chi connectivity index (χ0n) is 4.22. The number of nitrogens with zero attached hydrogens (tertiary/aromatic N) is 1. The third-order valence-corrected chi connectivity index (χ3v) is 2.63. The van der Waals surface area contributed by atoms with E-state index >= 15 is 0 Å². The molecule has 3 saturated heterocycles. The Kier molecular flexibility index (Phi) is 0.280. The van der Waals surface area contributed by atoms with Crippen molar-refractivity contribution in [3.63, 3.8) is 0 Å². The zero-order valence-corrected chi connectivity index (χ0v) is 4.22. The molecule has 0 amide bonds. The molecule has 4 unspecified atom stereocenters. The lowest BCUT2D eigenvalue weighted by Gasteiger charge is -2.14. The van der Waals surface area contributed by atoms with Gasteiger partial charge in [0.2, 0.25) is 6.17 Å². The van der Waals surface area contributed by atoms with Crippen molar-refractivity contribution in [1.82, 2.24) is 5.01 Å². The summed E-state index contributed by atoms with van der Waals surface area (Å²) in [4.78, 5) is 0. The van der Waals surface area contributed by atoms with Gasteiger partial charge >= 0.3 is 0 Å².